The number of benzene rings is 3. The largest absolute Gasteiger partial charge is 0.454 e. The Hall–Kier alpha value is -4.23. The summed E-state index contributed by atoms with van der Waals surface area (Å²) in [6.45, 7) is -0.107. The van der Waals surface area contributed by atoms with E-state index in [9.17, 15) is 32.9 Å². The van der Waals surface area contributed by atoms with Crippen LogP contribution in [0.1, 0.15) is 16.7 Å². The molecule has 0 saturated carbocycles. The van der Waals surface area contributed by atoms with Gasteiger partial charge in [-0.2, -0.15) is 13.2 Å². The van der Waals surface area contributed by atoms with Gasteiger partial charge in [0.15, 0.2) is 11.5 Å². The number of nitro benzene ring substituents is 1. The Balaban J connectivity index is 1.41. The average molecular weight is 579 g/mol. The summed E-state index contributed by atoms with van der Waals surface area (Å²) >= 11 is 6.95. The second kappa shape index (κ2) is 10.2. The second-order valence-corrected chi connectivity index (χ2v) is 9.54. The van der Waals surface area contributed by atoms with Gasteiger partial charge in [0.05, 0.1) is 21.9 Å². The molecule has 3 aromatic rings. The molecular weight excluding hydrogens is 565 g/mol. The molecule has 0 spiro atoms. The number of rotatable bonds is 6. The Labute approximate surface area is 226 Å². The van der Waals surface area contributed by atoms with Crippen molar-refractivity contribution < 1.29 is 41.9 Å². The molecular formula is C25H14ClF3N2O7S. The fourth-order valence-corrected chi connectivity index (χ4v) is 4.80. The number of nitro groups is 1. The average Bonchev–Trinajstić information content (AvgIpc) is 3.43. The number of ether oxygens (including phenoxy) is 3. The van der Waals surface area contributed by atoms with Crippen molar-refractivity contribution in [1.82, 2.24) is 4.90 Å². The van der Waals surface area contributed by atoms with E-state index in [-0.39, 0.29) is 34.6 Å². The minimum atomic E-state index is -4.78. The molecule has 14 heteroatoms. The first-order valence-electron chi connectivity index (χ1n) is 11.0. The number of alkyl halides is 3. The van der Waals surface area contributed by atoms with Gasteiger partial charge in [-0.1, -0.05) is 29.8 Å². The van der Waals surface area contributed by atoms with Crippen LogP contribution in [-0.4, -0.2) is 27.8 Å². The molecule has 200 valence electrons. The number of hydrogen-bond donors (Lipinski definition) is 0. The number of hydrogen-bond acceptors (Lipinski definition) is 8. The first-order valence-corrected chi connectivity index (χ1v) is 12.2. The van der Waals surface area contributed by atoms with Crippen molar-refractivity contribution in [3.05, 3.63) is 91.3 Å². The van der Waals surface area contributed by atoms with Crippen LogP contribution in [0, 0.1) is 10.1 Å². The third-order valence-electron chi connectivity index (χ3n) is 5.65. The predicted molar refractivity (Wildman–Crippen MR) is 134 cm³/mol. The first-order chi connectivity index (χ1) is 18.5. The van der Waals surface area contributed by atoms with Gasteiger partial charge in [-0.05, 0) is 47.7 Å². The lowest BCUT2D eigenvalue weighted by Crippen LogP contribution is -2.27. The maximum Gasteiger partial charge on any atom is 0.416 e. The highest BCUT2D eigenvalue weighted by Gasteiger charge is 2.36. The van der Waals surface area contributed by atoms with Crippen LogP contribution in [0.4, 0.5) is 23.7 Å². The summed E-state index contributed by atoms with van der Waals surface area (Å²) in [5.41, 5.74) is -1.37. The van der Waals surface area contributed by atoms with Crippen LogP contribution in [-0.2, 0) is 17.5 Å². The van der Waals surface area contributed by atoms with E-state index >= 15 is 0 Å². The van der Waals surface area contributed by atoms with Crippen molar-refractivity contribution >= 4 is 46.3 Å². The molecule has 2 amide bonds. The molecule has 0 N–H and O–H groups in total. The number of imide groups is 1. The summed E-state index contributed by atoms with van der Waals surface area (Å²) in [4.78, 5) is 37.2. The van der Waals surface area contributed by atoms with E-state index in [0.29, 0.717) is 41.0 Å². The van der Waals surface area contributed by atoms with Gasteiger partial charge in [-0.15, -0.1) is 0 Å². The molecule has 2 aliphatic rings. The van der Waals surface area contributed by atoms with E-state index in [4.69, 9.17) is 25.8 Å². The number of amides is 2. The summed E-state index contributed by atoms with van der Waals surface area (Å²) < 4.78 is 55.3. The lowest BCUT2D eigenvalue weighted by molar-refractivity contribution is -0.385. The Bertz CT molecular complexity index is 1560. The van der Waals surface area contributed by atoms with Gasteiger partial charge in [0.2, 0.25) is 12.5 Å². The van der Waals surface area contributed by atoms with Crippen molar-refractivity contribution in [3.63, 3.8) is 0 Å². The summed E-state index contributed by atoms with van der Waals surface area (Å²) in [6, 6.07) is 11.1. The standard InChI is InChI=1S/C25H14ClF3N2O7S/c26-16-10-21-20(36-12-37-21)7-14(16)11-30-23(32)22(39-24(30)33)8-13-3-1-2-4-18(13)38-19-6-5-15(25(27,28)29)9-17(19)31(34)35/h1-10H,11-12H2/b22-8-. The van der Waals surface area contributed by atoms with Crippen LogP contribution < -0.4 is 14.2 Å². The fourth-order valence-electron chi connectivity index (χ4n) is 3.76. The van der Waals surface area contributed by atoms with Crippen molar-refractivity contribution in [2.45, 2.75) is 12.7 Å². The molecule has 0 radical (unpaired) electrons. The van der Waals surface area contributed by atoms with Crippen LogP contribution in [0.25, 0.3) is 6.08 Å². The molecule has 2 aliphatic heterocycles. The van der Waals surface area contributed by atoms with Gasteiger partial charge in [-0.3, -0.25) is 24.6 Å². The minimum absolute atomic E-state index is 0.0194. The lowest BCUT2D eigenvalue weighted by Gasteiger charge is -2.14. The normalized spacial score (nSPS) is 15.8. The van der Waals surface area contributed by atoms with Gasteiger partial charge in [-0.25, -0.2) is 0 Å². The maximum atomic E-state index is 13.1. The predicted octanol–water partition coefficient (Wildman–Crippen LogP) is 7.02. The number of nitrogens with zero attached hydrogens (tertiary/aromatic N) is 2. The number of carbonyl (C=O) groups excluding carboxylic acids is 2. The van der Waals surface area contributed by atoms with Gasteiger partial charge >= 0.3 is 11.9 Å². The molecule has 0 bridgehead atoms. The highest BCUT2D eigenvalue weighted by molar-refractivity contribution is 8.18. The molecule has 0 unspecified atom stereocenters. The van der Waals surface area contributed by atoms with E-state index in [1.807, 2.05) is 0 Å². The number of carbonyl (C=O) groups is 2. The molecule has 9 nitrogen and oxygen atoms in total. The molecule has 2 heterocycles. The third kappa shape index (κ3) is 5.36. The molecule has 0 aliphatic carbocycles. The van der Waals surface area contributed by atoms with Gasteiger partial charge in [0.25, 0.3) is 11.1 Å². The van der Waals surface area contributed by atoms with Crippen molar-refractivity contribution in [2.24, 2.45) is 0 Å². The van der Waals surface area contributed by atoms with Crippen molar-refractivity contribution in [3.8, 4) is 23.0 Å². The molecule has 5 rings (SSSR count). The zero-order chi connectivity index (χ0) is 27.9. The highest BCUT2D eigenvalue weighted by atomic mass is 35.5. The molecule has 0 atom stereocenters. The Morgan fingerprint density at radius 1 is 1.08 bits per heavy atom. The lowest BCUT2D eigenvalue weighted by atomic mass is 10.1. The highest BCUT2D eigenvalue weighted by Crippen LogP contribution is 2.41. The smallest absolute Gasteiger partial charge is 0.416 e. The van der Waals surface area contributed by atoms with Crippen LogP contribution in [0.2, 0.25) is 5.02 Å². The van der Waals surface area contributed by atoms with E-state index in [2.05, 4.69) is 0 Å². The second-order valence-electron chi connectivity index (χ2n) is 8.14. The minimum Gasteiger partial charge on any atom is -0.454 e. The molecule has 39 heavy (non-hydrogen) atoms. The maximum absolute atomic E-state index is 13.1. The zero-order valence-corrected chi connectivity index (χ0v) is 20.9. The first kappa shape index (κ1) is 26.4. The SMILES string of the molecule is O=C1S/C(=C\c2ccccc2Oc2ccc(C(F)(F)F)cc2[N+](=O)[O-])C(=O)N1Cc1cc2c(cc1Cl)OCO2. The quantitative estimate of drug-likeness (QED) is 0.174. The van der Waals surface area contributed by atoms with Crippen LogP contribution in [0.15, 0.2) is 59.5 Å². The number of fused-ring (bicyclic) bond motifs is 1. The number of para-hydroxylation sites is 1. The van der Waals surface area contributed by atoms with E-state index in [1.54, 1.807) is 12.1 Å². The van der Waals surface area contributed by atoms with E-state index in [1.165, 1.54) is 30.3 Å². The fraction of sp³-hybridized carbons (Fsp3) is 0.120. The van der Waals surface area contributed by atoms with Crippen molar-refractivity contribution in [2.75, 3.05) is 6.79 Å². The number of thioether (sulfide) groups is 1. The molecule has 0 aromatic heterocycles. The van der Waals surface area contributed by atoms with Crippen LogP contribution >= 0.6 is 23.4 Å². The zero-order valence-electron chi connectivity index (χ0n) is 19.4. The summed E-state index contributed by atoms with van der Waals surface area (Å²) in [6.07, 6.45) is -3.42. The van der Waals surface area contributed by atoms with Gasteiger partial charge in [0.1, 0.15) is 5.75 Å². The Kier molecular flexibility index (Phi) is 6.87. The monoisotopic (exact) mass is 578 g/mol. The van der Waals surface area contributed by atoms with Crippen LogP contribution in [0.5, 0.6) is 23.0 Å². The topological polar surface area (TPSA) is 108 Å². The summed E-state index contributed by atoms with van der Waals surface area (Å²) in [7, 11) is 0. The van der Waals surface area contributed by atoms with Gasteiger partial charge in [0, 0.05) is 22.7 Å². The number of halogens is 4. The van der Waals surface area contributed by atoms with Crippen LogP contribution in [0.3, 0.4) is 0 Å². The molecule has 1 fully saturated rings. The van der Waals surface area contributed by atoms with E-state index < -0.39 is 39.2 Å². The summed E-state index contributed by atoms with van der Waals surface area (Å²) in [5.74, 6) is -0.151. The summed E-state index contributed by atoms with van der Waals surface area (Å²) in [5, 5.41) is 11.2. The van der Waals surface area contributed by atoms with Crippen molar-refractivity contribution in [1.29, 1.82) is 0 Å². The van der Waals surface area contributed by atoms with Gasteiger partial charge < -0.3 is 14.2 Å². The third-order valence-corrected chi connectivity index (χ3v) is 6.91. The van der Waals surface area contributed by atoms with E-state index in [0.717, 1.165) is 11.0 Å². The Morgan fingerprint density at radius 2 is 1.79 bits per heavy atom. The molecule has 3 aromatic carbocycles. The molecule has 1 saturated heterocycles. The Morgan fingerprint density at radius 3 is 2.51 bits per heavy atom.